The van der Waals surface area contributed by atoms with E-state index in [0.29, 0.717) is 12.0 Å². The molecule has 0 unspecified atom stereocenters. The van der Waals surface area contributed by atoms with Crippen molar-refractivity contribution in [3.63, 3.8) is 0 Å². The number of carbonyl (C=O) groups excluding carboxylic acids is 1. The van der Waals surface area contributed by atoms with Gasteiger partial charge in [0.25, 0.3) is 0 Å². The van der Waals surface area contributed by atoms with E-state index in [1.165, 1.54) is 12.1 Å². The van der Waals surface area contributed by atoms with Crippen LogP contribution in [-0.4, -0.2) is 10.9 Å². The molecule has 0 amide bonds. The predicted molar refractivity (Wildman–Crippen MR) is 56.5 cm³/mol. The highest BCUT2D eigenvalue weighted by atomic mass is 16.3. The lowest BCUT2D eigenvalue weighted by Gasteiger charge is -2.06. The van der Waals surface area contributed by atoms with Gasteiger partial charge in [-0.1, -0.05) is 24.8 Å². The molecule has 0 saturated heterocycles. The monoisotopic (exact) mass is 188 g/mol. The number of benzene rings is 1. The van der Waals surface area contributed by atoms with E-state index in [1.54, 1.807) is 18.2 Å². The van der Waals surface area contributed by atoms with Gasteiger partial charge in [-0.3, -0.25) is 4.79 Å². The van der Waals surface area contributed by atoms with Gasteiger partial charge in [-0.15, -0.1) is 6.58 Å². The molecule has 0 aliphatic rings. The van der Waals surface area contributed by atoms with Crippen LogP contribution in [0.4, 0.5) is 0 Å². The first kappa shape index (κ1) is 10.3. The number of ketones is 1. The molecular formula is C12H12O2. The van der Waals surface area contributed by atoms with E-state index in [4.69, 9.17) is 0 Å². The van der Waals surface area contributed by atoms with Gasteiger partial charge in [0.05, 0.1) is 5.56 Å². The van der Waals surface area contributed by atoms with Crippen LogP contribution in [-0.2, 0) is 6.42 Å². The molecule has 0 aliphatic carbocycles. The van der Waals surface area contributed by atoms with Crippen molar-refractivity contribution in [2.24, 2.45) is 0 Å². The van der Waals surface area contributed by atoms with Crippen molar-refractivity contribution in [2.75, 3.05) is 0 Å². The number of hydrogen-bond acceptors (Lipinski definition) is 2. The van der Waals surface area contributed by atoms with Gasteiger partial charge < -0.3 is 5.11 Å². The van der Waals surface area contributed by atoms with Crippen molar-refractivity contribution in [3.05, 3.63) is 54.6 Å². The van der Waals surface area contributed by atoms with Crippen LogP contribution in [0.1, 0.15) is 15.9 Å². The zero-order valence-corrected chi connectivity index (χ0v) is 7.86. The molecular weight excluding hydrogens is 176 g/mol. The largest absolute Gasteiger partial charge is 0.507 e. The third-order valence-electron chi connectivity index (χ3n) is 1.92. The number of phenolic OH excluding ortho intramolecular Hbond substituents is 1. The maximum Gasteiger partial charge on any atom is 0.189 e. The average molecular weight is 188 g/mol. The molecule has 0 saturated carbocycles. The molecule has 0 aromatic heterocycles. The maximum atomic E-state index is 11.4. The van der Waals surface area contributed by atoms with Gasteiger partial charge in [-0.05, 0) is 24.1 Å². The van der Waals surface area contributed by atoms with Gasteiger partial charge in [-0.2, -0.15) is 0 Å². The highest BCUT2D eigenvalue weighted by Gasteiger charge is 2.11. The Labute approximate surface area is 83.2 Å². The van der Waals surface area contributed by atoms with Crippen molar-refractivity contribution in [2.45, 2.75) is 6.42 Å². The molecule has 2 nitrogen and oxygen atoms in total. The van der Waals surface area contributed by atoms with Crippen LogP contribution in [0, 0.1) is 0 Å². The summed E-state index contributed by atoms with van der Waals surface area (Å²) >= 11 is 0. The summed E-state index contributed by atoms with van der Waals surface area (Å²) in [5.74, 6) is -0.269. The summed E-state index contributed by atoms with van der Waals surface area (Å²) in [6.07, 6.45) is 3.44. The van der Waals surface area contributed by atoms with E-state index in [-0.39, 0.29) is 11.5 Å². The Morgan fingerprint density at radius 1 is 1.43 bits per heavy atom. The second kappa shape index (κ2) is 4.42. The van der Waals surface area contributed by atoms with Crippen molar-refractivity contribution in [3.8, 4) is 5.75 Å². The Hall–Kier alpha value is -1.83. The van der Waals surface area contributed by atoms with Crippen LogP contribution >= 0.6 is 0 Å². The number of aromatic hydroxyl groups is 1. The molecule has 0 aliphatic heterocycles. The molecule has 14 heavy (non-hydrogen) atoms. The van der Waals surface area contributed by atoms with Crippen LogP contribution < -0.4 is 0 Å². The van der Waals surface area contributed by atoms with E-state index >= 15 is 0 Å². The van der Waals surface area contributed by atoms with Gasteiger partial charge in [0.2, 0.25) is 0 Å². The predicted octanol–water partition coefficient (Wildman–Crippen LogP) is 2.49. The Morgan fingerprint density at radius 3 is 2.71 bits per heavy atom. The molecule has 0 heterocycles. The fraction of sp³-hybridized carbons (Fsp3) is 0.0833. The second-order valence-electron chi connectivity index (χ2n) is 2.87. The van der Waals surface area contributed by atoms with Crippen molar-refractivity contribution in [1.29, 1.82) is 0 Å². The summed E-state index contributed by atoms with van der Waals surface area (Å²) in [6, 6.07) is 4.98. The normalized spacial score (nSPS) is 9.43. The Kier molecular flexibility index (Phi) is 3.24. The summed E-state index contributed by atoms with van der Waals surface area (Å²) in [5.41, 5.74) is 1.09. The molecule has 2 heteroatoms. The molecule has 1 N–H and O–H groups in total. The number of phenols is 1. The Bertz CT molecular complexity index is 378. The highest BCUT2D eigenvalue weighted by Crippen LogP contribution is 2.22. The highest BCUT2D eigenvalue weighted by molar-refractivity contribution is 6.07. The standard InChI is InChI=1S/C12H12O2/c1-3-6-9-7-5-8-11(14)12(9)10(13)4-2/h3-5,7-8,14H,1-2,6H2. The minimum absolute atomic E-state index is 0.00532. The number of allylic oxidation sites excluding steroid dienone is 2. The molecule has 1 aromatic carbocycles. The molecule has 1 aromatic rings. The smallest absolute Gasteiger partial charge is 0.189 e. The van der Waals surface area contributed by atoms with Gasteiger partial charge in [-0.25, -0.2) is 0 Å². The van der Waals surface area contributed by atoms with Crippen molar-refractivity contribution >= 4 is 5.78 Å². The van der Waals surface area contributed by atoms with Crippen LogP contribution in [0.15, 0.2) is 43.5 Å². The molecule has 0 spiro atoms. The molecule has 1 rings (SSSR count). The third kappa shape index (κ3) is 1.91. The van der Waals surface area contributed by atoms with Crippen LogP contribution in [0.2, 0.25) is 0 Å². The first-order valence-electron chi connectivity index (χ1n) is 4.29. The zero-order valence-electron chi connectivity index (χ0n) is 7.86. The minimum Gasteiger partial charge on any atom is -0.507 e. The summed E-state index contributed by atoms with van der Waals surface area (Å²) < 4.78 is 0. The Balaban J connectivity index is 3.28. The maximum absolute atomic E-state index is 11.4. The van der Waals surface area contributed by atoms with Gasteiger partial charge in [0, 0.05) is 0 Å². The van der Waals surface area contributed by atoms with Crippen molar-refractivity contribution < 1.29 is 9.90 Å². The van der Waals surface area contributed by atoms with Crippen molar-refractivity contribution in [1.82, 2.24) is 0 Å². The van der Waals surface area contributed by atoms with E-state index in [0.717, 1.165) is 5.56 Å². The first-order chi connectivity index (χ1) is 6.70. The number of hydrogen-bond donors (Lipinski definition) is 1. The second-order valence-corrected chi connectivity index (χ2v) is 2.87. The third-order valence-corrected chi connectivity index (χ3v) is 1.92. The molecule has 0 atom stereocenters. The van der Waals surface area contributed by atoms with Crippen LogP contribution in [0.25, 0.3) is 0 Å². The first-order valence-corrected chi connectivity index (χ1v) is 4.29. The molecule has 0 bridgehead atoms. The van der Waals surface area contributed by atoms with Gasteiger partial charge in [0.1, 0.15) is 5.75 Å². The van der Waals surface area contributed by atoms with Crippen LogP contribution in [0.3, 0.4) is 0 Å². The Morgan fingerprint density at radius 2 is 2.14 bits per heavy atom. The van der Waals surface area contributed by atoms with E-state index in [1.807, 2.05) is 0 Å². The fourth-order valence-corrected chi connectivity index (χ4v) is 1.30. The molecule has 72 valence electrons. The lowest BCUT2D eigenvalue weighted by atomic mass is 10.00. The van der Waals surface area contributed by atoms with Crippen LogP contribution in [0.5, 0.6) is 5.75 Å². The summed E-state index contributed by atoms with van der Waals surface area (Å²) in [5, 5.41) is 9.52. The SMILES string of the molecule is C=CCc1cccc(O)c1C(=O)C=C. The molecule has 0 fully saturated rings. The van der Waals surface area contributed by atoms with Gasteiger partial charge in [0.15, 0.2) is 5.78 Å². The quantitative estimate of drug-likeness (QED) is 0.447. The summed E-state index contributed by atoms with van der Waals surface area (Å²) in [6.45, 7) is 6.99. The van der Waals surface area contributed by atoms with Gasteiger partial charge >= 0.3 is 0 Å². The number of rotatable bonds is 4. The van der Waals surface area contributed by atoms with E-state index in [9.17, 15) is 9.90 Å². The topological polar surface area (TPSA) is 37.3 Å². The van der Waals surface area contributed by atoms with E-state index < -0.39 is 0 Å². The lowest BCUT2D eigenvalue weighted by Crippen LogP contribution is -2.00. The number of carbonyl (C=O) groups is 1. The minimum atomic E-state index is -0.264. The molecule has 0 radical (unpaired) electrons. The average Bonchev–Trinajstić information content (AvgIpc) is 2.18. The lowest BCUT2D eigenvalue weighted by molar-refractivity contribution is 0.104. The summed E-state index contributed by atoms with van der Waals surface area (Å²) in [4.78, 5) is 11.4. The zero-order chi connectivity index (χ0) is 10.6. The fourth-order valence-electron chi connectivity index (χ4n) is 1.30. The van der Waals surface area contributed by atoms with E-state index in [2.05, 4.69) is 13.2 Å². The summed E-state index contributed by atoms with van der Waals surface area (Å²) in [7, 11) is 0.